The van der Waals surface area contributed by atoms with E-state index in [4.69, 9.17) is 15.7 Å². The van der Waals surface area contributed by atoms with Gasteiger partial charge in [-0.1, -0.05) is 12.1 Å². The molecule has 0 amide bonds. The van der Waals surface area contributed by atoms with Crippen molar-refractivity contribution in [1.29, 1.82) is 0 Å². The average molecular weight is 263 g/mol. The van der Waals surface area contributed by atoms with E-state index >= 15 is 0 Å². The Bertz CT molecular complexity index is 334. The second-order valence-corrected chi connectivity index (χ2v) is 7.60. The summed E-state index contributed by atoms with van der Waals surface area (Å²) in [6, 6.07) is -0.457. The molecule has 0 bridgehead atoms. The van der Waals surface area contributed by atoms with Gasteiger partial charge in [0, 0.05) is 5.41 Å². The molecule has 17 heavy (non-hydrogen) atoms. The average Bonchev–Trinajstić information content (AvgIpc) is 2.19. The second kappa shape index (κ2) is 4.91. The predicted molar refractivity (Wildman–Crippen MR) is 67.2 cm³/mol. The van der Waals surface area contributed by atoms with E-state index in [0.717, 1.165) is 0 Å². The van der Waals surface area contributed by atoms with Crippen LogP contribution in [0.4, 0.5) is 0 Å². The summed E-state index contributed by atoms with van der Waals surface area (Å²) in [6.07, 6.45) is 0. The molecule has 1 aliphatic heterocycles. The van der Waals surface area contributed by atoms with Crippen LogP contribution in [0.15, 0.2) is 5.16 Å². The Morgan fingerprint density at radius 3 is 2.41 bits per heavy atom. The first-order chi connectivity index (χ1) is 7.70. The van der Waals surface area contributed by atoms with Crippen molar-refractivity contribution in [3.8, 4) is 0 Å². The largest absolute Gasteiger partial charge is 0.409 e. The SMILES string of the molecule is CC1([C@@H](N[S@](=O)C(C)(C)C)/C(N)=N\O)COC1. The molecule has 0 unspecified atom stereocenters. The van der Waals surface area contributed by atoms with Crippen LogP contribution in [-0.2, 0) is 15.7 Å². The number of oxime groups is 1. The van der Waals surface area contributed by atoms with Crippen molar-refractivity contribution in [2.75, 3.05) is 13.2 Å². The minimum absolute atomic E-state index is 0.0356. The van der Waals surface area contributed by atoms with E-state index in [0.29, 0.717) is 13.2 Å². The van der Waals surface area contributed by atoms with Crippen LogP contribution >= 0.6 is 0 Å². The van der Waals surface area contributed by atoms with Crippen LogP contribution in [0.3, 0.4) is 0 Å². The van der Waals surface area contributed by atoms with Crippen LogP contribution in [0.5, 0.6) is 0 Å². The molecule has 0 aromatic rings. The molecule has 1 saturated heterocycles. The monoisotopic (exact) mass is 263 g/mol. The Balaban J connectivity index is 2.83. The normalized spacial score (nSPS) is 23.9. The fourth-order valence-electron chi connectivity index (χ4n) is 1.49. The van der Waals surface area contributed by atoms with Crippen molar-refractivity contribution in [2.24, 2.45) is 16.3 Å². The van der Waals surface area contributed by atoms with Gasteiger partial charge in [0.1, 0.15) is 0 Å². The molecule has 100 valence electrons. The lowest BCUT2D eigenvalue weighted by molar-refractivity contribution is -0.107. The van der Waals surface area contributed by atoms with Crippen molar-refractivity contribution in [1.82, 2.24) is 4.72 Å². The van der Waals surface area contributed by atoms with Gasteiger partial charge in [0.2, 0.25) is 0 Å². The summed E-state index contributed by atoms with van der Waals surface area (Å²) in [5.74, 6) is 0.0356. The minimum atomic E-state index is -1.28. The van der Waals surface area contributed by atoms with Crippen LogP contribution in [0.25, 0.3) is 0 Å². The zero-order valence-corrected chi connectivity index (χ0v) is 11.5. The Labute approximate surface area is 104 Å². The number of amidine groups is 1. The highest BCUT2D eigenvalue weighted by atomic mass is 32.2. The molecule has 4 N–H and O–H groups in total. The number of rotatable bonds is 4. The first kappa shape index (κ1) is 14.4. The van der Waals surface area contributed by atoms with Gasteiger partial charge in [0.15, 0.2) is 5.84 Å². The molecule has 0 aliphatic carbocycles. The molecule has 1 aliphatic rings. The second-order valence-electron chi connectivity index (χ2n) is 5.60. The van der Waals surface area contributed by atoms with E-state index in [1.165, 1.54) is 0 Å². The summed E-state index contributed by atoms with van der Waals surface area (Å²) >= 11 is 0. The smallest absolute Gasteiger partial charge is 0.158 e. The molecule has 1 heterocycles. The quantitative estimate of drug-likeness (QED) is 0.292. The Hall–Kier alpha value is -0.660. The van der Waals surface area contributed by atoms with E-state index in [-0.39, 0.29) is 11.3 Å². The van der Waals surface area contributed by atoms with E-state index in [1.807, 2.05) is 27.7 Å². The van der Waals surface area contributed by atoms with Crippen molar-refractivity contribution in [3.63, 3.8) is 0 Å². The van der Waals surface area contributed by atoms with Crippen LogP contribution < -0.4 is 10.5 Å². The molecule has 6 nitrogen and oxygen atoms in total. The van der Waals surface area contributed by atoms with Gasteiger partial charge in [-0.05, 0) is 20.8 Å². The maximum atomic E-state index is 12.0. The van der Waals surface area contributed by atoms with E-state index in [2.05, 4.69) is 9.88 Å². The van der Waals surface area contributed by atoms with Crippen molar-refractivity contribution in [3.05, 3.63) is 0 Å². The van der Waals surface area contributed by atoms with Gasteiger partial charge >= 0.3 is 0 Å². The number of hydrogen-bond acceptors (Lipinski definition) is 4. The Morgan fingerprint density at radius 2 is 2.12 bits per heavy atom. The maximum absolute atomic E-state index is 12.0. The molecule has 0 saturated carbocycles. The fraction of sp³-hybridized carbons (Fsp3) is 0.900. The maximum Gasteiger partial charge on any atom is 0.158 e. The molecule has 0 aromatic carbocycles. The minimum Gasteiger partial charge on any atom is -0.409 e. The molecule has 1 rings (SSSR count). The molecule has 0 aromatic heterocycles. The summed E-state index contributed by atoms with van der Waals surface area (Å²) in [4.78, 5) is 0. The number of nitrogens with one attached hydrogen (secondary N) is 1. The van der Waals surface area contributed by atoms with Crippen LogP contribution in [0.2, 0.25) is 0 Å². The number of nitrogens with two attached hydrogens (primary N) is 1. The van der Waals surface area contributed by atoms with Crippen LogP contribution in [0, 0.1) is 5.41 Å². The zero-order valence-electron chi connectivity index (χ0n) is 10.7. The highest BCUT2D eigenvalue weighted by Gasteiger charge is 2.45. The fourth-order valence-corrected chi connectivity index (χ4v) is 2.46. The molecular formula is C10H21N3O3S. The predicted octanol–water partition coefficient (Wildman–Crippen LogP) is 0.190. The van der Waals surface area contributed by atoms with Gasteiger partial charge in [-0.2, -0.15) is 0 Å². The van der Waals surface area contributed by atoms with Crippen molar-refractivity contribution in [2.45, 2.75) is 38.5 Å². The highest BCUT2D eigenvalue weighted by Crippen LogP contribution is 2.31. The zero-order chi connectivity index (χ0) is 13.3. The number of ether oxygens (including phenoxy) is 1. The van der Waals surface area contributed by atoms with Gasteiger partial charge < -0.3 is 15.7 Å². The molecule has 1 fully saturated rings. The highest BCUT2D eigenvalue weighted by molar-refractivity contribution is 7.84. The van der Waals surface area contributed by atoms with Gasteiger partial charge in [0.25, 0.3) is 0 Å². The van der Waals surface area contributed by atoms with Gasteiger partial charge in [-0.25, -0.2) is 8.93 Å². The molecule has 0 radical (unpaired) electrons. The molecular weight excluding hydrogens is 242 g/mol. The van der Waals surface area contributed by atoms with Gasteiger partial charge in [-0.15, -0.1) is 0 Å². The third-order valence-electron chi connectivity index (χ3n) is 2.75. The van der Waals surface area contributed by atoms with Gasteiger partial charge in [0.05, 0.1) is 35.0 Å². The van der Waals surface area contributed by atoms with Crippen molar-refractivity contribution < 1.29 is 14.2 Å². The molecule has 2 atom stereocenters. The molecule has 7 heteroatoms. The van der Waals surface area contributed by atoms with Crippen molar-refractivity contribution >= 4 is 16.8 Å². The first-order valence-electron chi connectivity index (χ1n) is 5.44. The van der Waals surface area contributed by atoms with Crippen LogP contribution in [0.1, 0.15) is 27.7 Å². The first-order valence-corrected chi connectivity index (χ1v) is 6.59. The van der Waals surface area contributed by atoms with Gasteiger partial charge in [-0.3, -0.25) is 0 Å². The van der Waals surface area contributed by atoms with Crippen LogP contribution in [-0.4, -0.2) is 39.3 Å². The summed E-state index contributed by atoms with van der Waals surface area (Å²) in [7, 11) is -1.28. The summed E-state index contributed by atoms with van der Waals surface area (Å²) in [5, 5.41) is 11.8. The number of hydrogen-bond donors (Lipinski definition) is 3. The topological polar surface area (TPSA) is 96.9 Å². The summed E-state index contributed by atoms with van der Waals surface area (Å²) in [6.45, 7) is 8.54. The lowest BCUT2D eigenvalue weighted by atomic mass is 9.80. The third-order valence-corrected chi connectivity index (χ3v) is 4.31. The summed E-state index contributed by atoms with van der Waals surface area (Å²) < 4.78 is 19.7. The standard InChI is InChI=1S/C10H21N3O3S/c1-9(2,3)17(15)13-7(8(11)12-14)10(4)5-16-6-10/h7,13-14H,5-6H2,1-4H3,(H2,11,12)/t7-,17+/m0/s1. The van der Waals surface area contributed by atoms with E-state index in [1.54, 1.807) is 0 Å². The lowest BCUT2D eigenvalue weighted by Gasteiger charge is -2.44. The summed E-state index contributed by atoms with van der Waals surface area (Å²) in [5.41, 5.74) is 5.37. The van der Waals surface area contributed by atoms with E-state index < -0.39 is 21.8 Å². The Kier molecular flexibility index (Phi) is 4.16. The van der Waals surface area contributed by atoms with E-state index in [9.17, 15) is 4.21 Å². The number of nitrogens with zero attached hydrogens (tertiary/aromatic N) is 1. The third kappa shape index (κ3) is 3.17. The lowest BCUT2D eigenvalue weighted by Crippen LogP contribution is -2.62. The Morgan fingerprint density at radius 1 is 1.59 bits per heavy atom. The molecule has 0 spiro atoms.